The Hall–Kier alpha value is -2.82. The third-order valence-corrected chi connectivity index (χ3v) is 3.35. The first kappa shape index (κ1) is 17.5. The average molecular weight is 327 g/mol. The van der Waals surface area contributed by atoms with E-state index >= 15 is 0 Å². The number of benzene rings is 2. The molecule has 1 amide bonds. The molecule has 2 N–H and O–H groups in total. The molecule has 5 nitrogen and oxygen atoms in total. The fraction of sp³-hybridized carbons (Fsp3) is 0.263. The Morgan fingerprint density at radius 3 is 2.25 bits per heavy atom. The van der Waals surface area contributed by atoms with Crippen molar-refractivity contribution in [1.82, 2.24) is 5.32 Å². The molecule has 0 heterocycles. The molecule has 0 saturated heterocycles. The van der Waals surface area contributed by atoms with Crippen LogP contribution in [0.15, 0.2) is 54.6 Å². The van der Waals surface area contributed by atoms with Crippen molar-refractivity contribution in [2.45, 2.75) is 32.4 Å². The zero-order valence-electron chi connectivity index (χ0n) is 13.7. The summed E-state index contributed by atoms with van der Waals surface area (Å²) in [6.07, 6.45) is 0.0122. The second-order valence-corrected chi connectivity index (χ2v) is 5.75. The molecule has 0 aliphatic carbocycles. The van der Waals surface area contributed by atoms with Gasteiger partial charge in [0.1, 0.15) is 11.8 Å². The normalized spacial score (nSPS) is 11.8. The number of rotatable bonds is 6. The van der Waals surface area contributed by atoms with E-state index in [4.69, 9.17) is 4.74 Å². The maximum atomic E-state index is 12.3. The first-order chi connectivity index (χ1) is 11.5. The molecule has 2 aromatic carbocycles. The molecule has 0 aromatic heterocycles. The van der Waals surface area contributed by atoms with E-state index in [1.54, 1.807) is 62.4 Å². The molecule has 0 aliphatic heterocycles. The van der Waals surface area contributed by atoms with Crippen LogP contribution >= 0.6 is 0 Å². The SMILES string of the molecule is CC(C)OC(=O)[C@H](Cc1ccc(O)cc1)NC(=O)c1ccccc1. The van der Waals surface area contributed by atoms with Gasteiger partial charge in [0.25, 0.3) is 5.91 Å². The number of carbonyl (C=O) groups is 2. The molecule has 24 heavy (non-hydrogen) atoms. The molecule has 0 aliphatic rings. The van der Waals surface area contributed by atoms with Crippen molar-refractivity contribution < 1.29 is 19.4 Å². The van der Waals surface area contributed by atoms with Crippen molar-refractivity contribution in [1.29, 1.82) is 0 Å². The summed E-state index contributed by atoms with van der Waals surface area (Å²) in [5.41, 5.74) is 1.29. The highest BCUT2D eigenvalue weighted by Crippen LogP contribution is 2.13. The van der Waals surface area contributed by atoms with Gasteiger partial charge in [0.15, 0.2) is 0 Å². The van der Waals surface area contributed by atoms with Crippen LogP contribution in [0.2, 0.25) is 0 Å². The summed E-state index contributed by atoms with van der Waals surface area (Å²) in [6.45, 7) is 3.52. The maximum Gasteiger partial charge on any atom is 0.329 e. The van der Waals surface area contributed by atoms with E-state index in [1.807, 2.05) is 6.07 Å². The summed E-state index contributed by atoms with van der Waals surface area (Å²) >= 11 is 0. The first-order valence-corrected chi connectivity index (χ1v) is 7.80. The Labute approximate surface area is 141 Å². The number of hydrogen-bond acceptors (Lipinski definition) is 4. The van der Waals surface area contributed by atoms with Gasteiger partial charge in [-0.1, -0.05) is 30.3 Å². The summed E-state index contributed by atoms with van der Waals surface area (Å²) in [7, 11) is 0. The minimum absolute atomic E-state index is 0.147. The van der Waals surface area contributed by atoms with Gasteiger partial charge in [0, 0.05) is 12.0 Å². The van der Waals surface area contributed by atoms with Gasteiger partial charge >= 0.3 is 5.97 Å². The third kappa shape index (κ3) is 5.12. The van der Waals surface area contributed by atoms with Crippen LogP contribution in [0.25, 0.3) is 0 Å². The van der Waals surface area contributed by atoms with E-state index in [9.17, 15) is 14.7 Å². The highest BCUT2D eigenvalue weighted by molar-refractivity contribution is 5.96. The molecule has 5 heteroatoms. The Bertz CT molecular complexity index is 680. The number of aromatic hydroxyl groups is 1. The van der Waals surface area contributed by atoms with Gasteiger partial charge in [0.05, 0.1) is 6.10 Å². The van der Waals surface area contributed by atoms with E-state index in [-0.39, 0.29) is 24.2 Å². The monoisotopic (exact) mass is 327 g/mol. The summed E-state index contributed by atoms with van der Waals surface area (Å²) in [5, 5.41) is 12.1. The lowest BCUT2D eigenvalue weighted by Crippen LogP contribution is -2.44. The van der Waals surface area contributed by atoms with E-state index < -0.39 is 12.0 Å². The molecule has 0 saturated carbocycles. The standard InChI is InChI=1S/C19H21NO4/c1-13(2)24-19(23)17(12-14-8-10-16(21)11-9-14)20-18(22)15-6-4-3-5-7-15/h3-11,13,17,21H,12H2,1-2H3,(H,20,22)/t17-/m0/s1. The highest BCUT2D eigenvalue weighted by atomic mass is 16.5. The predicted octanol–water partition coefficient (Wildman–Crippen LogP) is 2.68. The van der Waals surface area contributed by atoms with Gasteiger partial charge in [-0.25, -0.2) is 4.79 Å². The van der Waals surface area contributed by atoms with Crippen LogP contribution < -0.4 is 5.32 Å². The number of hydrogen-bond donors (Lipinski definition) is 2. The molecular formula is C19H21NO4. The van der Waals surface area contributed by atoms with Crippen molar-refractivity contribution >= 4 is 11.9 Å². The quantitative estimate of drug-likeness (QED) is 0.800. The molecule has 126 valence electrons. The lowest BCUT2D eigenvalue weighted by atomic mass is 10.0. The summed E-state index contributed by atoms with van der Waals surface area (Å²) < 4.78 is 5.24. The van der Waals surface area contributed by atoms with Gasteiger partial charge in [0.2, 0.25) is 0 Å². The Morgan fingerprint density at radius 2 is 1.67 bits per heavy atom. The van der Waals surface area contributed by atoms with Crippen molar-refractivity contribution in [3.05, 3.63) is 65.7 Å². The lowest BCUT2D eigenvalue weighted by Gasteiger charge is -2.19. The van der Waals surface area contributed by atoms with Gasteiger partial charge in [-0.05, 0) is 43.7 Å². The minimum atomic E-state index is -0.801. The molecule has 0 bridgehead atoms. The van der Waals surface area contributed by atoms with E-state index in [0.29, 0.717) is 5.56 Å². The van der Waals surface area contributed by atoms with Crippen molar-refractivity contribution in [2.75, 3.05) is 0 Å². The van der Waals surface area contributed by atoms with Crippen LogP contribution in [0.4, 0.5) is 0 Å². The number of phenols is 1. The number of phenolic OH excluding ortho intramolecular Hbond substituents is 1. The number of carbonyl (C=O) groups excluding carboxylic acids is 2. The number of nitrogens with one attached hydrogen (secondary N) is 1. The van der Waals surface area contributed by atoms with E-state index in [1.165, 1.54) is 0 Å². The molecular weight excluding hydrogens is 306 g/mol. The predicted molar refractivity (Wildman–Crippen MR) is 90.7 cm³/mol. The third-order valence-electron chi connectivity index (χ3n) is 3.35. The van der Waals surface area contributed by atoms with Crippen molar-refractivity contribution in [3.8, 4) is 5.75 Å². The molecule has 0 radical (unpaired) electrons. The van der Waals surface area contributed by atoms with Gasteiger partial charge in [-0.2, -0.15) is 0 Å². The minimum Gasteiger partial charge on any atom is -0.508 e. The van der Waals surface area contributed by atoms with Gasteiger partial charge in [-0.3, -0.25) is 4.79 Å². The van der Waals surface area contributed by atoms with Crippen LogP contribution in [0, 0.1) is 0 Å². The summed E-state index contributed by atoms with van der Waals surface area (Å²) in [6, 6.07) is 14.4. The first-order valence-electron chi connectivity index (χ1n) is 7.80. The Balaban J connectivity index is 2.14. The zero-order chi connectivity index (χ0) is 17.5. The van der Waals surface area contributed by atoms with Crippen LogP contribution in [0.5, 0.6) is 5.75 Å². The van der Waals surface area contributed by atoms with Crippen LogP contribution in [0.3, 0.4) is 0 Å². The highest BCUT2D eigenvalue weighted by Gasteiger charge is 2.24. The van der Waals surface area contributed by atoms with E-state index in [0.717, 1.165) is 5.56 Å². The summed E-state index contributed by atoms with van der Waals surface area (Å²) in [4.78, 5) is 24.6. The topological polar surface area (TPSA) is 75.6 Å². The molecule has 2 aromatic rings. The van der Waals surface area contributed by atoms with Crippen molar-refractivity contribution in [3.63, 3.8) is 0 Å². The maximum absolute atomic E-state index is 12.3. The molecule has 0 fully saturated rings. The lowest BCUT2D eigenvalue weighted by molar-refractivity contribution is -0.149. The van der Waals surface area contributed by atoms with Crippen molar-refractivity contribution in [2.24, 2.45) is 0 Å². The smallest absolute Gasteiger partial charge is 0.329 e. The fourth-order valence-electron chi connectivity index (χ4n) is 2.21. The van der Waals surface area contributed by atoms with E-state index in [2.05, 4.69) is 5.32 Å². The Kier molecular flexibility index (Phi) is 5.95. The van der Waals surface area contributed by atoms with Crippen LogP contribution in [-0.4, -0.2) is 29.1 Å². The summed E-state index contributed by atoms with van der Waals surface area (Å²) in [5.74, 6) is -0.671. The molecule has 1 atom stereocenters. The second-order valence-electron chi connectivity index (χ2n) is 5.75. The van der Waals surface area contributed by atoms with Crippen LogP contribution in [0.1, 0.15) is 29.8 Å². The average Bonchev–Trinajstić information content (AvgIpc) is 2.56. The van der Waals surface area contributed by atoms with Crippen LogP contribution in [-0.2, 0) is 16.0 Å². The largest absolute Gasteiger partial charge is 0.508 e. The Morgan fingerprint density at radius 1 is 1.04 bits per heavy atom. The molecule has 0 spiro atoms. The second kappa shape index (κ2) is 8.15. The number of ether oxygens (including phenoxy) is 1. The fourth-order valence-corrected chi connectivity index (χ4v) is 2.21. The molecule has 0 unspecified atom stereocenters. The van der Waals surface area contributed by atoms with Gasteiger partial charge in [-0.15, -0.1) is 0 Å². The molecule has 2 rings (SSSR count). The van der Waals surface area contributed by atoms with Gasteiger partial charge < -0.3 is 15.2 Å². The number of esters is 1. The zero-order valence-corrected chi connectivity index (χ0v) is 13.7. The number of amides is 1.